The maximum absolute atomic E-state index is 12.9. The standard InChI is InChI=1S/C16H20N2O2S/c1-17-12-15-7-4-10-18(15)21(19,20)16-9-8-13-5-2-3-6-14(13)11-16/h2-3,5-6,8-9,11,15,17H,4,7,10,12H2,1H3. The second kappa shape index (κ2) is 5.75. The molecule has 1 aliphatic heterocycles. The fourth-order valence-electron chi connectivity index (χ4n) is 3.03. The minimum atomic E-state index is -3.41. The van der Waals surface area contributed by atoms with Gasteiger partial charge in [0.15, 0.2) is 0 Å². The van der Waals surface area contributed by atoms with Gasteiger partial charge in [-0.3, -0.25) is 0 Å². The smallest absolute Gasteiger partial charge is 0.243 e. The Morgan fingerprint density at radius 2 is 1.95 bits per heavy atom. The number of nitrogens with zero attached hydrogens (tertiary/aromatic N) is 1. The topological polar surface area (TPSA) is 49.4 Å². The molecular weight excluding hydrogens is 284 g/mol. The summed E-state index contributed by atoms with van der Waals surface area (Å²) in [6, 6.07) is 13.3. The molecule has 5 heteroatoms. The molecule has 4 nitrogen and oxygen atoms in total. The van der Waals surface area contributed by atoms with Gasteiger partial charge in [-0.05, 0) is 42.8 Å². The highest BCUT2D eigenvalue weighted by molar-refractivity contribution is 7.89. The van der Waals surface area contributed by atoms with Gasteiger partial charge in [0, 0.05) is 19.1 Å². The van der Waals surface area contributed by atoms with E-state index in [0.717, 1.165) is 23.6 Å². The first kappa shape index (κ1) is 14.5. The van der Waals surface area contributed by atoms with E-state index in [0.29, 0.717) is 18.0 Å². The number of nitrogens with one attached hydrogen (secondary N) is 1. The van der Waals surface area contributed by atoms with Gasteiger partial charge in [-0.25, -0.2) is 8.42 Å². The van der Waals surface area contributed by atoms with Gasteiger partial charge >= 0.3 is 0 Å². The first-order valence-electron chi connectivity index (χ1n) is 7.28. The average molecular weight is 304 g/mol. The van der Waals surface area contributed by atoms with Crippen LogP contribution in [0.2, 0.25) is 0 Å². The Kier molecular flexibility index (Phi) is 3.97. The van der Waals surface area contributed by atoms with Gasteiger partial charge in [0.1, 0.15) is 0 Å². The number of hydrogen-bond donors (Lipinski definition) is 1. The number of rotatable bonds is 4. The van der Waals surface area contributed by atoms with Gasteiger partial charge < -0.3 is 5.32 Å². The summed E-state index contributed by atoms with van der Waals surface area (Å²) in [7, 11) is -1.55. The SMILES string of the molecule is CNCC1CCCN1S(=O)(=O)c1ccc2ccccc2c1. The fourth-order valence-corrected chi connectivity index (χ4v) is 4.76. The molecule has 1 atom stereocenters. The van der Waals surface area contributed by atoms with Crippen molar-refractivity contribution in [1.29, 1.82) is 0 Å². The van der Waals surface area contributed by atoms with Crippen molar-refractivity contribution < 1.29 is 8.42 Å². The lowest BCUT2D eigenvalue weighted by Gasteiger charge is -2.24. The van der Waals surface area contributed by atoms with Crippen molar-refractivity contribution in [3.8, 4) is 0 Å². The number of hydrogen-bond acceptors (Lipinski definition) is 3. The second-order valence-electron chi connectivity index (χ2n) is 5.48. The largest absolute Gasteiger partial charge is 0.318 e. The Labute approximate surface area is 125 Å². The molecule has 0 amide bonds. The van der Waals surface area contributed by atoms with E-state index in [4.69, 9.17) is 0 Å². The van der Waals surface area contributed by atoms with Crippen molar-refractivity contribution >= 4 is 20.8 Å². The van der Waals surface area contributed by atoms with E-state index < -0.39 is 10.0 Å². The molecule has 0 radical (unpaired) electrons. The van der Waals surface area contributed by atoms with Crippen molar-refractivity contribution in [3.05, 3.63) is 42.5 Å². The van der Waals surface area contributed by atoms with Gasteiger partial charge in [0.05, 0.1) is 4.90 Å². The zero-order valence-electron chi connectivity index (χ0n) is 12.1. The molecule has 2 aromatic carbocycles. The monoisotopic (exact) mass is 304 g/mol. The summed E-state index contributed by atoms with van der Waals surface area (Å²) < 4.78 is 27.4. The molecular formula is C16H20N2O2S. The highest BCUT2D eigenvalue weighted by atomic mass is 32.2. The van der Waals surface area contributed by atoms with E-state index in [1.54, 1.807) is 16.4 Å². The molecule has 0 spiro atoms. The molecule has 1 heterocycles. The van der Waals surface area contributed by atoms with Crippen LogP contribution >= 0.6 is 0 Å². The van der Waals surface area contributed by atoms with Crippen molar-refractivity contribution in [3.63, 3.8) is 0 Å². The lowest BCUT2D eigenvalue weighted by molar-refractivity contribution is 0.379. The molecule has 3 rings (SSSR count). The number of fused-ring (bicyclic) bond motifs is 1. The van der Waals surface area contributed by atoms with Crippen LogP contribution < -0.4 is 5.32 Å². The van der Waals surface area contributed by atoms with Gasteiger partial charge in [0.2, 0.25) is 10.0 Å². The number of sulfonamides is 1. The van der Waals surface area contributed by atoms with Crippen LogP contribution in [0.3, 0.4) is 0 Å². The Hall–Kier alpha value is -1.43. The average Bonchev–Trinajstić information content (AvgIpc) is 2.96. The van der Waals surface area contributed by atoms with Gasteiger partial charge in [0.25, 0.3) is 0 Å². The summed E-state index contributed by atoms with van der Waals surface area (Å²) in [6.07, 6.45) is 1.85. The molecule has 0 aromatic heterocycles. The molecule has 112 valence electrons. The number of benzene rings is 2. The molecule has 0 bridgehead atoms. The summed E-state index contributed by atoms with van der Waals surface area (Å²) in [5.74, 6) is 0. The maximum atomic E-state index is 12.9. The minimum absolute atomic E-state index is 0.0615. The van der Waals surface area contributed by atoms with Crippen molar-refractivity contribution in [2.75, 3.05) is 20.1 Å². The summed E-state index contributed by atoms with van der Waals surface area (Å²) in [5, 5.41) is 5.11. The van der Waals surface area contributed by atoms with Gasteiger partial charge in [-0.1, -0.05) is 30.3 Å². The van der Waals surface area contributed by atoms with E-state index in [-0.39, 0.29) is 6.04 Å². The first-order chi connectivity index (χ1) is 10.1. The zero-order chi connectivity index (χ0) is 14.9. The Morgan fingerprint density at radius 3 is 2.71 bits per heavy atom. The van der Waals surface area contributed by atoms with Crippen LogP contribution in [0.4, 0.5) is 0 Å². The lowest BCUT2D eigenvalue weighted by Crippen LogP contribution is -2.40. The van der Waals surface area contributed by atoms with Crippen LogP contribution in [-0.2, 0) is 10.0 Å². The first-order valence-corrected chi connectivity index (χ1v) is 8.72. The van der Waals surface area contributed by atoms with E-state index >= 15 is 0 Å². The minimum Gasteiger partial charge on any atom is -0.318 e. The lowest BCUT2D eigenvalue weighted by atomic mass is 10.1. The van der Waals surface area contributed by atoms with Crippen LogP contribution in [0.25, 0.3) is 10.8 Å². The van der Waals surface area contributed by atoms with Crippen molar-refractivity contribution in [1.82, 2.24) is 9.62 Å². The van der Waals surface area contributed by atoms with Crippen LogP contribution in [0, 0.1) is 0 Å². The van der Waals surface area contributed by atoms with E-state index in [9.17, 15) is 8.42 Å². The molecule has 2 aromatic rings. The molecule has 0 aliphatic carbocycles. The fraction of sp³-hybridized carbons (Fsp3) is 0.375. The Balaban J connectivity index is 1.99. The zero-order valence-corrected chi connectivity index (χ0v) is 12.9. The highest BCUT2D eigenvalue weighted by Gasteiger charge is 2.34. The Morgan fingerprint density at radius 1 is 1.19 bits per heavy atom. The predicted octanol–water partition coefficient (Wildman–Crippen LogP) is 2.21. The second-order valence-corrected chi connectivity index (χ2v) is 7.37. The Bertz CT molecular complexity index is 743. The predicted molar refractivity (Wildman–Crippen MR) is 84.8 cm³/mol. The quantitative estimate of drug-likeness (QED) is 0.942. The van der Waals surface area contributed by atoms with Gasteiger partial charge in [-0.15, -0.1) is 0 Å². The van der Waals surface area contributed by atoms with Crippen LogP contribution in [-0.4, -0.2) is 38.9 Å². The molecule has 0 saturated carbocycles. The summed E-state index contributed by atoms with van der Waals surface area (Å²) in [5.41, 5.74) is 0. The highest BCUT2D eigenvalue weighted by Crippen LogP contribution is 2.27. The third-order valence-electron chi connectivity index (χ3n) is 4.09. The summed E-state index contributed by atoms with van der Waals surface area (Å²) in [6.45, 7) is 1.31. The summed E-state index contributed by atoms with van der Waals surface area (Å²) in [4.78, 5) is 0.393. The molecule has 21 heavy (non-hydrogen) atoms. The third kappa shape index (κ3) is 2.69. The van der Waals surface area contributed by atoms with E-state index in [1.165, 1.54) is 0 Å². The van der Waals surface area contributed by atoms with Crippen LogP contribution in [0.1, 0.15) is 12.8 Å². The van der Waals surface area contributed by atoms with Crippen molar-refractivity contribution in [2.24, 2.45) is 0 Å². The summed E-state index contributed by atoms with van der Waals surface area (Å²) >= 11 is 0. The normalized spacial score (nSPS) is 20.1. The molecule has 1 aliphatic rings. The van der Waals surface area contributed by atoms with E-state index in [1.807, 2.05) is 37.4 Å². The van der Waals surface area contributed by atoms with Gasteiger partial charge in [-0.2, -0.15) is 4.31 Å². The maximum Gasteiger partial charge on any atom is 0.243 e. The molecule has 1 saturated heterocycles. The number of likely N-dealkylation sites (N-methyl/N-ethyl adjacent to an activating group) is 1. The van der Waals surface area contributed by atoms with E-state index in [2.05, 4.69) is 5.32 Å². The molecule has 1 fully saturated rings. The molecule has 1 unspecified atom stereocenters. The molecule has 1 N–H and O–H groups in total. The van der Waals surface area contributed by atoms with Crippen LogP contribution in [0.15, 0.2) is 47.4 Å². The van der Waals surface area contributed by atoms with Crippen molar-refractivity contribution in [2.45, 2.75) is 23.8 Å². The third-order valence-corrected chi connectivity index (χ3v) is 6.04. The van der Waals surface area contributed by atoms with Crippen LogP contribution in [0.5, 0.6) is 0 Å².